The molecule has 0 saturated carbocycles. The minimum absolute atomic E-state index is 0.0714. The van der Waals surface area contributed by atoms with Crippen LogP contribution in [0.3, 0.4) is 0 Å². The molecule has 122 valence electrons. The molecule has 1 aromatic heterocycles. The Kier molecular flexibility index (Phi) is 4.26. The van der Waals surface area contributed by atoms with E-state index in [0.717, 1.165) is 16.5 Å². The Labute approximate surface area is 137 Å². The number of allylic oxidation sites excluding steroid dienone is 2. The second-order valence-electron chi connectivity index (χ2n) is 5.73. The van der Waals surface area contributed by atoms with Crippen molar-refractivity contribution in [3.8, 4) is 6.07 Å². The molecule has 3 rings (SSSR count). The van der Waals surface area contributed by atoms with Crippen LogP contribution in [0, 0.1) is 11.3 Å². The van der Waals surface area contributed by atoms with E-state index >= 15 is 0 Å². The van der Waals surface area contributed by atoms with Crippen molar-refractivity contribution in [3.05, 3.63) is 47.7 Å². The van der Waals surface area contributed by atoms with Crippen LogP contribution < -0.4 is 5.32 Å². The van der Waals surface area contributed by atoms with Crippen molar-refractivity contribution >= 4 is 22.4 Å². The molecular formula is C18H15F2N3O. The molecule has 0 fully saturated rings. The monoisotopic (exact) mass is 327 g/mol. The first kappa shape index (κ1) is 16.1. The Morgan fingerprint density at radius 1 is 1.42 bits per heavy atom. The van der Waals surface area contributed by atoms with E-state index in [9.17, 15) is 13.6 Å². The Morgan fingerprint density at radius 3 is 2.96 bits per heavy atom. The number of para-hydroxylation sites is 1. The molecule has 4 nitrogen and oxygen atoms in total. The average molecular weight is 327 g/mol. The highest BCUT2D eigenvalue weighted by Gasteiger charge is 2.31. The highest BCUT2D eigenvalue weighted by molar-refractivity contribution is 5.99. The van der Waals surface area contributed by atoms with E-state index in [4.69, 9.17) is 5.26 Å². The van der Waals surface area contributed by atoms with Crippen molar-refractivity contribution in [1.29, 1.82) is 5.26 Å². The number of hydrogen-bond acceptors (Lipinski definition) is 3. The summed E-state index contributed by atoms with van der Waals surface area (Å²) in [4.78, 5) is 16.3. The number of alkyl halides is 2. The topological polar surface area (TPSA) is 65.8 Å². The summed E-state index contributed by atoms with van der Waals surface area (Å²) in [7, 11) is 0. The van der Waals surface area contributed by atoms with Gasteiger partial charge in [-0.1, -0.05) is 24.3 Å². The van der Waals surface area contributed by atoms with Crippen LogP contribution in [0.4, 0.5) is 8.78 Å². The first-order valence-electron chi connectivity index (χ1n) is 7.61. The van der Waals surface area contributed by atoms with Crippen LogP contribution in [0.1, 0.15) is 35.2 Å². The minimum atomic E-state index is -2.63. The van der Waals surface area contributed by atoms with E-state index in [1.54, 1.807) is 12.1 Å². The molecule has 1 aliphatic carbocycles. The van der Waals surface area contributed by atoms with Gasteiger partial charge in [-0.25, -0.2) is 8.78 Å². The number of hydrogen-bond donors (Lipinski definition) is 1. The standard InChI is InChI=1S/C18H15F2N3O/c19-18(20)6-4-12(5-7-18)15-3-1-2-13-10-14(11-23-16(13)15)17(24)22-9-8-21/h1-4,10-11H,5-7,9H2,(H,22,24). The van der Waals surface area contributed by atoms with Gasteiger partial charge in [0.05, 0.1) is 17.1 Å². The van der Waals surface area contributed by atoms with Crippen LogP contribution in [-0.2, 0) is 0 Å². The zero-order chi connectivity index (χ0) is 17.2. The van der Waals surface area contributed by atoms with Crippen LogP contribution >= 0.6 is 0 Å². The first-order valence-corrected chi connectivity index (χ1v) is 7.61. The fraction of sp³-hybridized carbons (Fsp3) is 0.278. The summed E-state index contributed by atoms with van der Waals surface area (Å²) >= 11 is 0. The predicted molar refractivity (Wildman–Crippen MR) is 86.5 cm³/mol. The summed E-state index contributed by atoms with van der Waals surface area (Å²) in [6.07, 6.45) is 2.90. The van der Waals surface area contributed by atoms with E-state index in [1.807, 2.05) is 24.3 Å². The van der Waals surface area contributed by atoms with Crippen LogP contribution in [0.25, 0.3) is 16.5 Å². The number of nitrogens with one attached hydrogen (secondary N) is 1. The first-order chi connectivity index (χ1) is 11.5. The minimum Gasteiger partial charge on any atom is -0.339 e. The number of nitriles is 1. The third-order valence-corrected chi connectivity index (χ3v) is 4.05. The van der Waals surface area contributed by atoms with Gasteiger partial charge in [0.25, 0.3) is 11.8 Å². The van der Waals surface area contributed by atoms with E-state index in [2.05, 4.69) is 10.3 Å². The van der Waals surface area contributed by atoms with E-state index < -0.39 is 5.92 Å². The number of aromatic nitrogens is 1. The average Bonchev–Trinajstić information content (AvgIpc) is 2.59. The zero-order valence-corrected chi connectivity index (χ0v) is 12.9. The lowest BCUT2D eigenvalue weighted by Gasteiger charge is -2.22. The molecule has 6 heteroatoms. The van der Waals surface area contributed by atoms with Gasteiger partial charge in [0, 0.05) is 30.0 Å². The molecule has 0 bridgehead atoms. The summed E-state index contributed by atoms with van der Waals surface area (Å²) < 4.78 is 26.6. The molecule has 0 atom stereocenters. The van der Waals surface area contributed by atoms with Gasteiger partial charge in [-0.3, -0.25) is 9.78 Å². The number of carbonyl (C=O) groups is 1. The summed E-state index contributed by atoms with van der Waals surface area (Å²) in [6.45, 7) is -0.0714. The van der Waals surface area contributed by atoms with Gasteiger partial charge < -0.3 is 5.32 Å². The number of nitrogens with zero attached hydrogens (tertiary/aromatic N) is 2. The lowest BCUT2D eigenvalue weighted by atomic mass is 9.90. The summed E-state index contributed by atoms with van der Waals surface area (Å²) in [5.41, 5.74) is 2.73. The largest absolute Gasteiger partial charge is 0.339 e. The van der Waals surface area contributed by atoms with Crippen LogP contribution in [0.5, 0.6) is 0 Å². The Bertz CT molecular complexity index is 868. The molecular weight excluding hydrogens is 312 g/mol. The quantitative estimate of drug-likeness (QED) is 0.874. The van der Waals surface area contributed by atoms with E-state index in [1.165, 1.54) is 6.20 Å². The number of amides is 1. The third kappa shape index (κ3) is 3.25. The molecule has 1 N–H and O–H groups in total. The maximum atomic E-state index is 13.3. The van der Waals surface area contributed by atoms with Crippen LogP contribution in [0.2, 0.25) is 0 Å². The van der Waals surface area contributed by atoms with Gasteiger partial charge in [-0.2, -0.15) is 5.26 Å². The lowest BCUT2D eigenvalue weighted by molar-refractivity contribution is -0.00602. The van der Waals surface area contributed by atoms with Gasteiger partial charge >= 0.3 is 0 Å². The molecule has 0 spiro atoms. The smallest absolute Gasteiger partial charge is 0.253 e. The van der Waals surface area contributed by atoms with Gasteiger partial charge in [-0.15, -0.1) is 0 Å². The number of benzene rings is 1. The van der Waals surface area contributed by atoms with Crippen molar-refractivity contribution in [1.82, 2.24) is 10.3 Å². The van der Waals surface area contributed by atoms with Crippen molar-refractivity contribution < 1.29 is 13.6 Å². The van der Waals surface area contributed by atoms with Gasteiger partial charge in [-0.05, 0) is 18.1 Å². The van der Waals surface area contributed by atoms with Gasteiger partial charge in [0.2, 0.25) is 0 Å². The maximum absolute atomic E-state index is 13.3. The maximum Gasteiger partial charge on any atom is 0.253 e. The summed E-state index contributed by atoms with van der Waals surface area (Å²) in [5.74, 6) is -3.00. The number of fused-ring (bicyclic) bond motifs is 1. The van der Waals surface area contributed by atoms with Crippen molar-refractivity contribution in [2.75, 3.05) is 6.54 Å². The van der Waals surface area contributed by atoms with Crippen molar-refractivity contribution in [3.63, 3.8) is 0 Å². The second kappa shape index (κ2) is 6.36. The molecule has 0 unspecified atom stereocenters. The fourth-order valence-electron chi connectivity index (χ4n) is 2.80. The molecule has 0 radical (unpaired) electrons. The number of carbonyl (C=O) groups excluding carboxylic acids is 1. The van der Waals surface area contributed by atoms with Crippen LogP contribution in [0.15, 0.2) is 36.5 Å². The molecule has 1 heterocycles. The number of halogens is 2. The Morgan fingerprint density at radius 2 is 2.25 bits per heavy atom. The predicted octanol–water partition coefficient (Wildman–Crippen LogP) is 3.69. The molecule has 2 aromatic rings. The van der Waals surface area contributed by atoms with Crippen molar-refractivity contribution in [2.45, 2.75) is 25.2 Å². The number of pyridine rings is 1. The summed E-state index contributed by atoms with van der Waals surface area (Å²) in [6, 6.07) is 9.04. The van der Waals surface area contributed by atoms with Crippen LogP contribution in [-0.4, -0.2) is 23.4 Å². The lowest BCUT2D eigenvalue weighted by Crippen LogP contribution is -2.23. The highest BCUT2D eigenvalue weighted by atomic mass is 19.3. The normalized spacial score (nSPS) is 16.3. The molecule has 24 heavy (non-hydrogen) atoms. The van der Waals surface area contributed by atoms with Gasteiger partial charge in [0.15, 0.2) is 0 Å². The molecule has 1 amide bonds. The van der Waals surface area contributed by atoms with Gasteiger partial charge in [0.1, 0.15) is 6.54 Å². The molecule has 1 aliphatic rings. The molecule has 0 saturated heterocycles. The second-order valence-corrected chi connectivity index (χ2v) is 5.73. The zero-order valence-electron chi connectivity index (χ0n) is 12.9. The Hall–Kier alpha value is -2.81. The highest BCUT2D eigenvalue weighted by Crippen LogP contribution is 2.37. The summed E-state index contributed by atoms with van der Waals surface area (Å²) in [5, 5.41) is 11.7. The van der Waals surface area contributed by atoms with E-state index in [0.29, 0.717) is 17.5 Å². The van der Waals surface area contributed by atoms with E-state index in [-0.39, 0.29) is 25.3 Å². The number of rotatable bonds is 3. The SMILES string of the molecule is N#CCNC(=O)c1cnc2c(C3=CCC(F)(F)CC3)cccc2c1. The molecule has 0 aliphatic heterocycles. The third-order valence-electron chi connectivity index (χ3n) is 4.05. The Balaban J connectivity index is 1.96. The van der Waals surface area contributed by atoms with Crippen molar-refractivity contribution in [2.24, 2.45) is 0 Å². The molecule has 1 aromatic carbocycles. The fourth-order valence-corrected chi connectivity index (χ4v) is 2.80.